The molecular formula is C12H20FN3. The first kappa shape index (κ1) is 13.1. The van der Waals surface area contributed by atoms with E-state index in [9.17, 15) is 4.39 Å². The number of nitrogens with one attached hydrogen (secondary N) is 1. The first-order valence-electron chi connectivity index (χ1n) is 5.48. The maximum absolute atomic E-state index is 12.8. The topological polar surface area (TPSA) is 28.2 Å². The third kappa shape index (κ3) is 3.54. The predicted molar refractivity (Wildman–Crippen MR) is 63.7 cm³/mol. The van der Waals surface area contributed by atoms with Gasteiger partial charge in [-0.05, 0) is 39.2 Å². The van der Waals surface area contributed by atoms with E-state index in [1.165, 1.54) is 12.3 Å². The van der Waals surface area contributed by atoms with Crippen LogP contribution in [0.1, 0.15) is 18.7 Å². The summed E-state index contributed by atoms with van der Waals surface area (Å²) >= 11 is 0. The minimum absolute atomic E-state index is 0.156. The highest BCUT2D eigenvalue weighted by molar-refractivity contribution is 5.10. The average molecular weight is 225 g/mol. The van der Waals surface area contributed by atoms with Gasteiger partial charge in [-0.15, -0.1) is 0 Å². The van der Waals surface area contributed by atoms with Gasteiger partial charge in [0.15, 0.2) is 0 Å². The Morgan fingerprint density at radius 2 is 2.12 bits per heavy atom. The number of rotatable bonds is 5. The minimum atomic E-state index is -0.293. The molecule has 4 heteroatoms. The molecule has 2 unspecified atom stereocenters. The number of hydrogen-bond acceptors (Lipinski definition) is 3. The quantitative estimate of drug-likeness (QED) is 0.826. The second-order valence-electron chi connectivity index (χ2n) is 4.41. The van der Waals surface area contributed by atoms with Gasteiger partial charge in [0.1, 0.15) is 5.82 Å². The fourth-order valence-corrected chi connectivity index (χ4v) is 1.98. The molecular weight excluding hydrogens is 205 g/mol. The second-order valence-corrected chi connectivity index (χ2v) is 4.41. The van der Waals surface area contributed by atoms with Gasteiger partial charge in [0.2, 0.25) is 0 Å². The average Bonchev–Trinajstić information content (AvgIpc) is 2.21. The van der Waals surface area contributed by atoms with Crippen LogP contribution in [0.5, 0.6) is 0 Å². The van der Waals surface area contributed by atoms with Crippen LogP contribution in [-0.2, 0) is 0 Å². The van der Waals surface area contributed by atoms with Crippen molar-refractivity contribution in [2.75, 3.05) is 27.7 Å². The molecule has 1 aromatic heterocycles. The Hall–Kier alpha value is -1.00. The van der Waals surface area contributed by atoms with Crippen molar-refractivity contribution >= 4 is 0 Å². The number of nitrogens with zero attached hydrogens (tertiary/aromatic N) is 2. The molecule has 0 radical (unpaired) electrons. The van der Waals surface area contributed by atoms with Gasteiger partial charge in [0, 0.05) is 6.54 Å². The summed E-state index contributed by atoms with van der Waals surface area (Å²) in [5.41, 5.74) is 0.887. The van der Waals surface area contributed by atoms with Gasteiger partial charge in [-0.3, -0.25) is 4.98 Å². The van der Waals surface area contributed by atoms with Crippen LogP contribution in [0.25, 0.3) is 0 Å². The lowest BCUT2D eigenvalue weighted by molar-refractivity contribution is 0.285. The lowest BCUT2D eigenvalue weighted by atomic mass is 9.98. The Balaban J connectivity index is 2.77. The molecule has 16 heavy (non-hydrogen) atoms. The van der Waals surface area contributed by atoms with E-state index >= 15 is 0 Å². The van der Waals surface area contributed by atoms with E-state index in [2.05, 4.69) is 22.1 Å². The molecule has 1 N–H and O–H groups in total. The third-order valence-electron chi connectivity index (χ3n) is 2.60. The van der Waals surface area contributed by atoms with Gasteiger partial charge in [-0.2, -0.15) is 0 Å². The van der Waals surface area contributed by atoms with E-state index in [4.69, 9.17) is 0 Å². The molecule has 1 rings (SSSR count). The first-order valence-corrected chi connectivity index (χ1v) is 5.48. The van der Waals surface area contributed by atoms with E-state index in [0.29, 0.717) is 5.92 Å². The monoisotopic (exact) mass is 225 g/mol. The number of hydrogen-bond donors (Lipinski definition) is 1. The fraction of sp³-hybridized carbons (Fsp3) is 0.583. The van der Waals surface area contributed by atoms with Crippen LogP contribution < -0.4 is 5.32 Å². The zero-order chi connectivity index (χ0) is 12.1. The van der Waals surface area contributed by atoms with E-state index in [0.717, 1.165) is 12.2 Å². The van der Waals surface area contributed by atoms with Gasteiger partial charge >= 0.3 is 0 Å². The molecule has 1 heterocycles. The highest BCUT2D eigenvalue weighted by Gasteiger charge is 2.19. The van der Waals surface area contributed by atoms with Crippen molar-refractivity contribution in [3.05, 3.63) is 29.8 Å². The van der Waals surface area contributed by atoms with E-state index in [-0.39, 0.29) is 11.9 Å². The van der Waals surface area contributed by atoms with Crippen molar-refractivity contribution in [2.24, 2.45) is 5.92 Å². The highest BCUT2D eigenvalue weighted by atomic mass is 19.1. The van der Waals surface area contributed by atoms with E-state index < -0.39 is 0 Å². The van der Waals surface area contributed by atoms with Crippen LogP contribution in [0.4, 0.5) is 4.39 Å². The zero-order valence-electron chi connectivity index (χ0n) is 10.4. The van der Waals surface area contributed by atoms with Crippen molar-refractivity contribution in [3.63, 3.8) is 0 Å². The SMILES string of the molecule is CNC(c1ccc(F)cn1)C(C)CN(C)C. The smallest absolute Gasteiger partial charge is 0.141 e. The van der Waals surface area contributed by atoms with E-state index in [1.54, 1.807) is 6.07 Å². The molecule has 0 amide bonds. The molecule has 3 nitrogen and oxygen atoms in total. The van der Waals surface area contributed by atoms with Crippen molar-refractivity contribution < 1.29 is 4.39 Å². The van der Waals surface area contributed by atoms with Gasteiger partial charge in [0.25, 0.3) is 0 Å². The summed E-state index contributed by atoms with van der Waals surface area (Å²) in [6, 6.07) is 3.35. The summed E-state index contributed by atoms with van der Waals surface area (Å²) in [5.74, 6) is 0.122. The maximum atomic E-state index is 12.8. The van der Waals surface area contributed by atoms with Gasteiger partial charge in [-0.1, -0.05) is 6.92 Å². The van der Waals surface area contributed by atoms with Gasteiger partial charge in [0.05, 0.1) is 17.9 Å². The van der Waals surface area contributed by atoms with Gasteiger partial charge < -0.3 is 10.2 Å². The van der Waals surface area contributed by atoms with E-state index in [1.807, 2.05) is 21.1 Å². The molecule has 0 aliphatic rings. The lowest BCUT2D eigenvalue weighted by Crippen LogP contribution is -2.31. The summed E-state index contributed by atoms with van der Waals surface area (Å²) in [4.78, 5) is 6.26. The van der Waals surface area contributed by atoms with Crippen molar-refractivity contribution in [1.82, 2.24) is 15.2 Å². The molecule has 0 aliphatic carbocycles. The van der Waals surface area contributed by atoms with Crippen LogP contribution in [0, 0.1) is 11.7 Å². The van der Waals surface area contributed by atoms with Crippen LogP contribution >= 0.6 is 0 Å². The second kappa shape index (κ2) is 5.92. The Morgan fingerprint density at radius 1 is 1.44 bits per heavy atom. The molecule has 0 aliphatic heterocycles. The Morgan fingerprint density at radius 3 is 2.56 bits per heavy atom. The van der Waals surface area contributed by atoms with Crippen LogP contribution in [0.15, 0.2) is 18.3 Å². The normalized spacial score (nSPS) is 15.1. The zero-order valence-corrected chi connectivity index (χ0v) is 10.4. The number of halogens is 1. The molecule has 90 valence electrons. The molecule has 0 bridgehead atoms. The van der Waals surface area contributed by atoms with Crippen LogP contribution in [-0.4, -0.2) is 37.6 Å². The Kier molecular flexibility index (Phi) is 4.83. The predicted octanol–water partition coefficient (Wildman–Crippen LogP) is 1.68. The largest absolute Gasteiger partial charge is 0.311 e. The molecule has 0 fully saturated rings. The summed E-state index contributed by atoms with van der Waals surface area (Å²) < 4.78 is 12.8. The summed E-state index contributed by atoms with van der Waals surface area (Å²) in [5, 5.41) is 3.23. The molecule has 0 spiro atoms. The Bertz CT molecular complexity index is 311. The molecule has 0 saturated heterocycles. The summed E-state index contributed by atoms with van der Waals surface area (Å²) in [6.45, 7) is 3.12. The standard InChI is InChI=1S/C12H20FN3/c1-9(8-16(3)4)12(14-2)11-6-5-10(13)7-15-11/h5-7,9,12,14H,8H2,1-4H3. The third-order valence-corrected chi connectivity index (χ3v) is 2.60. The first-order chi connectivity index (χ1) is 7.54. The van der Waals surface area contributed by atoms with Crippen molar-refractivity contribution in [1.29, 1.82) is 0 Å². The maximum Gasteiger partial charge on any atom is 0.141 e. The van der Waals surface area contributed by atoms with Crippen molar-refractivity contribution in [3.8, 4) is 0 Å². The molecule has 0 aromatic carbocycles. The van der Waals surface area contributed by atoms with Crippen LogP contribution in [0.2, 0.25) is 0 Å². The number of aromatic nitrogens is 1. The lowest BCUT2D eigenvalue weighted by Gasteiger charge is -2.25. The Labute approximate surface area is 96.7 Å². The summed E-state index contributed by atoms with van der Waals surface area (Å²) in [6.07, 6.45) is 1.27. The fourth-order valence-electron chi connectivity index (χ4n) is 1.98. The van der Waals surface area contributed by atoms with Crippen LogP contribution in [0.3, 0.4) is 0 Å². The van der Waals surface area contributed by atoms with Crippen molar-refractivity contribution in [2.45, 2.75) is 13.0 Å². The molecule has 2 atom stereocenters. The molecule has 1 aromatic rings. The highest BCUT2D eigenvalue weighted by Crippen LogP contribution is 2.20. The van der Waals surface area contributed by atoms with Gasteiger partial charge in [-0.25, -0.2) is 4.39 Å². The molecule has 0 saturated carbocycles. The minimum Gasteiger partial charge on any atom is -0.311 e. The summed E-state index contributed by atoms with van der Waals surface area (Å²) in [7, 11) is 5.99. The number of pyridine rings is 1.